The van der Waals surface area contributed by atoms with Gasteiger partial charge in [-0.1, -0.05) is 18.2 Å². The number of carbonyl (C=O) groups excluding carboxylic acids is 1. The lowest BCUT2D eigenvalue weighted by Gasteiger charge is -2.28. The minimum Gasteiger partial charge on any atom is -0.463 e. The monoisotopic (exact) mass is 574 g/mol. The van der Waals surface area contributed by atoms with Crippen LogP contribution >= 0.6 is 7.75 Å². The number of anilines is 1. The van der Waals surface area contributed by atoms with Crippen molar-refractivity contribution in [2.45, 2.75) is 63.3 Å². The Balaban J connectivity index is 1.56. The van der Waals surface area contributed by atoms with E-state index in [0.717, 1.165) is 0 Å². The number of fused-ring (bicyclic) bond motifs is 1. The molecular formula is C25H31N6O8P. The van der Waals surface area contributed by atoms with Crippen LogP contribution in [0.4, 0.5) is 5.82 Å². The largest absolute Gasteiger partial charge is 0.463 e. The predicted molar refractivity (Wildman–Crippen MR) is 141 cm³/mol. The molecule has 14 nitrogen and oxygen atoms in total. The van der Waals surface area contributed by atoms with Crippen LogP contribution in [0.5, 0.6) is 5.75 Å². The molecular weight excluding hydrogens is 543 g/mol. The van der Waals surface area contributed by atoms with E-state index in [0.29, 0.717) is 11.2 Å². The van der Waals surface area contributed by atoms with Gasteiger partial charge < -0.3 is 29.9 Å². The zero-order valence-corrected chi connectivity index (χ0v) is 23.0. The Bertz CT molecular complexity index is 1430. The molecule has 0 amide bonds. The van der Waals surface area contributed by atoms with Gasteiger partial charge in [0.2, 0.25) is 5.60 Å². The van der Waals surface area contributed by atoms with Crippen molar-refractivity contribution in [1.29, 1.82) is 5.26 Å². The van der Waals surface area contributed by atoms with Crippen LogP contribution in [-0.2, 0) is 23.4 Å². The summed E-state index contributed by atoms with van der Waals surface area (Å²) >= 11 is 0. The minimum atomic E-state index is -4.29. The fourth-order valence-electron chi connectivity index (χ4n) is 4.24. The molecule has 214 valence electrons. The van der Waals surface area contributed by atoms with Crippen molar-refractivity contribution in [1.82, 2.24) is 19.7 Å². The Morgan fingerprint density at radius 1 is 1.27 bits per heavy atom. The SMILES string of the molecule is CC(C)OC(=O)C[C@H](C)NP(=O)(OC[C@@]1(C#N)O[C@@H](c2ccc3c(N)ncnn23)[C@H](O)[C@@H]1O)Oc1ccccc1. The van der Waals surface area contributed by atoms with Gasteiger partial charge in [0.1, 0.15) is 48.6 Å². The van der Waals surface area contributed by atoms with Crippen molar-refractivity contribution in [2.24, 2.45) is 0 Å². The number of nitrogen functional groups attached to an aromatic ring is 1. The molecule has 2 aromatic heterocycles. The second kappa shape index (κ2) is 11.9. The highest BCUT2D eigenvalue weighted by Gasteiger charge is 2.57. The Kier molecular flexibility index (Phi) is 8.74. The summed E-state index contributed by atoms with van der Waals surface area (Å²) in [4.78, 5) is 16.1. The maximum absolute atomic E-state index is 13.9. The van der Waals surface area contributed by atoms with Crippen LogP contribution in [0.1, 0.15) is 39.0 Å². The highest BCUT2D eigenvalue weighted by atomic mass is 31.2. The average molecular weight is 575 g/mol. The Hall–Kier alpha value is -3.57. The zero-order chi connectivity index (χ0) is 29.1. The number of aromatic nitrogens is 3. The van der Waals surface area contributed by atoms with E-state index in [2.05, 4.69) is 15.2 Å². The smallest absolute Gasteiger partial charge is 0.459 e. The molecule has 15 heteroatoms. The van der Waals surface area contributed by atoms with Crippen LogP contribution in [0.15, 0.2) is 48.8 Å². The number of esters is 1. The number of nitrogens with one attached hydrogen (secondary N) is 1. The highest BCUT2D eigenvalue weighted by molar-refractivity contribution is 7.52. The second-order valence-electron chi connectivity index (χ2n) is 9.62. The third-order valence-electron chi connectivity index (χ3n) is 6.08. The van der Waals surface area contributed by atoms with Crippen molar-refractivity contribution in [3.8, 4) is 11.8 Å². The van der Waals surface area contributed by atoms with Crippen LogP contribution in [-0.4, -0.2) is 67.3 Å². The van der Waals surface area contributed by atoms with Gasteiger partial charge in [0.05, 0.1) is 18.2 Å². The van der Waals surface area contributed by atoms with Gasteiger partial charge in [0.25, 0.3) is 0 Å². The summed E-state index contributed by atoms with van der Waals surface area (Å²) in [5.74, 6) is -0.163. The fraction of sp³-hybridized carbons (Fsp3) is 0.440. The van der Waals surface area contributed by atoms with Crippen molar-refractivity contribution in [3.05, 3.63) is 54.5 Å². The number of nitrogens with zero attached hydrogens (tertiary/aromatic N) is 4. The van der Waals surface area contributed by atoms with Crippen molar-refractivity contribution in [3.63, 3.8) is 0 Å². The molecule has 40 heavy (non-hydrogen) atoms. The first-order valence-corrected chi connectivity index (χ1v) is 14.0. The molecule has 0 saturated carbocycles. The van der Waals surface area contributed by atoms with E-state index < -0.39 is 50.3 Å². The van der Waals surface area contributed by atoms with Gasteiger partial charge in [-0.15, -0.1) is 0 Å². The molecule has 1 aliphatic heterocycles. The number of carbonyl (C=O) groups is 1. The maximum Gasteiger partial charge on any atom is 0.459 e. The third kappa shape index (κ3) is 6.26. The van der Waals surface area contributed by atoms with Crippen LogP contribution in [0.2, 0.25) is 0 Å². The summed E-state index contributed by atoms with van der Waals surface area (Å²) in [6.45, 7) is 4.23. The summed E-state index contributed by atoms with van der Waals surface area (Å²) in [5.41, 5.74) is 4.47. The summed E-state index contributed by atoms with van der Waals surface area (Å²) in [6, 6.07) is 12.4. The van der Waals surface area contributed by atoms with Gasteiger partial charge in [0, 0.05) is 6.04 Å². The van der Waals surface area contributed by atoms with Gasteiger partial charge in [-0.05, 0) is 45.0 Å². The quantitative estimate of drug-likeness (QED) is 0.191. The summed E-state index contributed by atoms with van der Waals surface area (Å²) in [7, 11) is -4.29. The molecule has 3 heterocycles. The van der Waals surface area contributed by atoms with Crippen molar-refractivity contribution >= 4 is 25.1 Å². The van der Waals surface area contributed by atoms with E-state index >= 15 is 0 Å². The lowest BCUT2D eigenvalue weighted by molar-refractivity contribution is -0.147. The molecule has 1 unspecified atom stereocenters. The van der Waals surface area contributed by atoms with E-state index in [4.69, 9.17) is 24.3 Å². The van der Waals surface area contributed by atoms with E-state index in [1.807, 2.05) is 6.07 Å². The van der Waals surface area contributed by atoms with E-state index in [-0.39, 0.29) is 24.1 Å². The molecule has 0 bridgehead atoms. The molecule has 4 rings (SSSR count). The number of nitriles is 1. The zero-order valence-electron chi connectivity index (χ0n) is 22.1. The van der Waals surface area contributed by atoms with Gasteiger partial charge >= 0.3 is 13.7 Å². The lowest BCUT2D eigenvalue weighted by atomic mass is 9.96. The Morgan fingerprint density at radius 2 is 2.00 bits per heavy atom. The van der Waals surface area contributed by atoms with Gasteiger partial charge in [-0.25, -0.2) is 19.2 Å². The summed E-state index contributed by atoms with van der Waals surface area (Å²) < 4.78 is 37.6. The second-order valence-corrected chi connectivity index (χ2v) is 11.3. The van der Waals surface area contributed by atoms with Crippen LogP contribution in [0.25, 0.3) is 5.52 Å². The molecule has 5 N–H and O–H groups in total. The molecule has 0 radical (unpaired) electrons. The van der Waals surface area contributed by atoms with Crippen LogP contribution < -0.4 is 15.3 Å². The first-order chi connectivity index (χ1) is 19.0. The number of nitrogens with two attached hydrogens (primary N) is 1. The first kappa shape index (κ1) is 29.4. The van der Waals surface area contributed by atoms with Crippen molar-refractivity contribution in [2.75, 3.05) is 12.3 Å². The minimum absolute atomic E-state index is 0.154. The molecule has 1 fully saturated rings. The number of rotatable bonds is 11. The summed E-state index contributed by atoms with van der Waals surface area (Å²) in [6.07, 6.45) is -3.84. The lowest BCUT2D eigenvalue weighted by Crippen LogP contribution is -2.46. The van der Waals surface area contributed by atoms with E-state index in [1.165, 1.54) is 10.8 Å². The highest BCUT2D eigenvalue weighted by Crippen LogP contribution is 2.48. The average Bonchev–Trinajstić information content (AvgIpc) is 3.43. The standard InChI is InChI=1S/C25H31N6O8P/c1-15(2)37-20(32)11-16(3)30-40(35,39-17-7-5-4-6-8-17)36-13-25(12-26)23(34)21(33)22(38-25)18-9-10-19-24(27)28-14-29-31(18)19/h4-10,14-16,21-23,33-34H,11,13H2,1-3H3,(H,30,35)(H2,27,28,29)/t16-,21-,22-,23-,25+,40?/m0/s1. The predicted octanol–water partition coefficient (Wildman–Crippen LogP) is 1.89. The number of hydrogen-bond donors (Lipinski definition) is 4. The number of para-hydroxylation sites is 1. The normalized spacial score (nSPS) is 24.9. The Morgan fingerprint density at radius 3 is 2.67 bits per heavy atom. The van der Waals surface area contributed by atoms with Gasteiger partial charge in [-0.3, -0.25) is 9.32 Å². The molecule has 1 saturated heterocycles. The summed E-state index contributed by atoms with van der Waals surface area (Å²) in [5, 5.41) is 38.6. The van der Waals surface area contributed by atoms with E-state index in [9.17, 15) is 24.8 Å². The number of aliphatic hydroxyl groups excluding tert-OH is 2. The number of ether oxygens (including phenoxy) is 2. The fourth-order valence-corrected chi connectivity index (χ4v) is 5.82. The molecule has 6 atom stereocenters. The molecule has 0 spiro atoms. The molecule has 0 aliphatic carbocycles. The van der Waals surface area contributed by atoms with Crippen molar-refractivity contribution < 1.29 is 38.1 Å². The molecule has 3 aromatic rings. The number of hydrogen-bond acceptors (Lipinski definition) is 12. The third-order valence-corrected chi connectivity index (χ3v) is 7.75. The molecule has 1 aliphatic rings. The Labute approximate surface area is 230 Å². The van der Waals surface area contributed by atoms with Gasteiger partial charge in [-0.2, -0.15) is 10.4 Å². The topological polar surface area (TPSA) is 204 Å². The maximum atomic E-state index is 13.9. The number of benzene rings is 1. The number of aliphatic hydroxyl groups is 2. The first-order valence-electron chi connectivity index (χ1n) is 12.5. The van der Waals surface area contributed by atoms with Crippen LogP contribution in [0.3, 0.4) is 0 Å². The van der Waals surface area contributed by atoms with Crippen LogP contribution in [0, 0.1) is 11.3 Å². The van der Waals surface area contributed by atoms with E-state index in [1.54, 1.807) is 63.2 Å². The van der Waals surface area contributed by atoms with Gasteiger partial charge in [0.15, 0.2) is 5.82 Å². The molecule has 1 aromatic carbocycles.